The van der Waals surface area contributed by atoms with Gasteiger partial charge in [-0.1, -0.05) is 42.5 Å². The van der Waals surface area contributed by atoms with Crippen molar-refractivity contribution in [3.8, 4) is 5.75 Å². The van der Waals surface area contributed by atoms with E-state index in [-0.39, 0.29) is 24.0 Å². The number of nitro groups is 1. The number of benzene rings is 3. The Morgan fingerprint density at radius 2 is 1.57 bits per heavy atom. The molecule has 0 aliphatic heterocycles. The van der Waals surface area contributed by atoms with Gasteiger partial charge in [-0.05, 0) is 35.9 Å². The lowest BCUT2D eigenvalue weighted by molar-refractivity contribution is -0.385. The Morgan fingerprint density at radius 1 is 0.900 bits per heavy atom. The lowest BCUT2D eigenvalue weighted by Gasteiger charge is -2.08. The number of para-hydroxylation sites is 3. The van der Waals surface area contributed by atoms with Gasteiger partial charge in [0.25, 0.3) is 5.91 Å². The molecule has 0 fully saturated rings. The maximum atomic E-state index is 12.2. The van der Waals surface area contributed by atoms with Crippen LogP contribution in [-0.4, -0.2) is 23.4 Å². The number of carbonyl (C=O) groups excluding carboxylic acids is 2. The first-order valence-electron chi connectivity index (χ1n) is 9.00. The lowest BCUT2D eigenvalue weighted by atomic mass is 10.1. The van der Waals surface area contributed by atoms with Crippen LogP contribution in [-0.2, 0) is 16.1 Å². The van der Waals surface area contributed by atoms with Crippen molar-refractivity contribution in [2.75, 3.05) is 11.9 Å². The molecule has 0 spiro atoms. The summed E-state index contributed by atoms with van der Waals surface area (Å²) in [6.07, 6.45) is 0. The Morgan fingerprint density at radius 3 is 2.27 bits per heavy atom. The van der Waals surface area contributed by atoms with Crippen LogP contribution in [0.15, 0.2) is 78.9 Å². The van der Waals surface area contributed by atoms with E-state index in [1.54, 1.807) is 42.5 Å². The molecule has 0 saturated heterocycles. The molecule has 0 heterocycles. The molecule has 0 bridgehead atoms. The van der Waals surface area contributed by atoms with Crippen molar-refractivity contribution in [1.29, 1.82) is 0 Å². The first kappa shape index (κ1) is 20.5. The Bertz CT molecular complexity index is 1040. The summed E-state index contributed by atoms with van der Waals surface area (Å²) in [7, 11) is 0. The summed E-state index contributed by atoms with van der Waals surface area (Å²) in [6.45, 7) is -0.470. The molecule has 0 aromatic heterocycles. The van der Waals surface area contributed by atoms with Crippen LogP contribution >= 0.6 is 0 Å². The van der Waals surface area contributed by atoms with E-state index in [4.69, 9.17) is 9.47 Å². The van der Waals surface area contributed by atoms with Crippen molar-refractivity contribution in [2.45, 2.75) is 6.61 Å². The van der Waals surface area contributed by atoms with Crippen LogP contribution in [0.4, 0.5) is 11.4 Å². The van der Waals surface area contributed by atoms with Crippen LogP contribution in [0.2, 0.25) is 0 Å². The van der Waals surface area contributed by atoms with Gasteiger partial charge in [0.15, 0.2) is 12.4 Å². The van der Waals surface area contributed by atoms with E-state index >= 15 is 0 Å². The van der Waals surface area contributed by atoms with Crippen molar-refractivity contribution >= 4 is 23.3 Å². The minimum absolute atomic E-state index is 0.00627. The summed E-state index contributed by atoms with van der Waals surface area (Å²) in [5.74, 6) is -0.921. The molecule has 8 heteroatoms. The molecule has 0 atom stereocenters. The highest BCUT2D eigenvalue weighted by Crippen LogP contribution is 2.25. The van der Waals surface area contributed by atoms with Gasteiger partial charge in [0.05, 0.1) is 4.92 Å². The number of esters is 1. The normalized spacial score (nSPS) is 10.1. The number of amides is 1. The number of nitro benzene ring substituents is 1. The third-order valence-corrected chi connectivity index (χ3v) is 4.06. The molecule has 0 radical (unpaired) electrons. The fraction of sp³-hybridized carbons (Fsp3) is 0.0909. The zero-order valence-corrected chi connectivity index (χ0v) is 15.8. The number of carbonyl (C=O) groups is 2. The van der Waals surface area contributed by atoms with Crippen LogP contribution in [0.25, 0.3) is 0 Å². The topological polar surface area (TPSA) is 108 Å². The van der Waals surface area contributed by atoms with Crippen LogP contribution in [0, 0.1) is 10.1 Å². The van der Waals surface area contributed by atoms with Crippen molar-refractivity contribution in [2.24, 2.45) is 0 Å². The number of rotatable bonds is 8. The van der Waals surface area contributed by atoms with Gasteiger partial charge in [-0.2, -0.15) is 0 Å². The average Bonchev–Trinajstić information content (AvgIpc) is 2.77. The first-order valence-corrected chi connectivity index (χ1v) is 9.00. The van der Waals surface area contributed by atoms with Crippen molar-refractivity contribution < 1.29 is 24.0 Å². The first-order chi connectivity index (χ1) is 14.5. The summed E-state index contributed by atoms with van der Waals surface area (Å²) in [6, 6.07) is 21.5. The highest BCUT2D eigenvalue weighted by molar-refractivity contribution is 6.04. The number of anilines is 1. The third kappa shape index (κ3) is 5.65. The fourth-order valence-corrected chi connectivity index (χ4v) is 2.55. The van der Waals surface area contributed by atoms with Crippen LogP contribution in [0.5, 0.6) is 5.75 Å². The second-order valence-electron chi connectivity index (χ2n) is 6.19. The van der Waals surface area contributed by atoms with Crippen molar-refractivity contribution in [3.63, 3.8) is 0 Å². The largest absolute Gasteiger partial charge is 0.475 e. The highest BCUT2D eigenvalue weighted by atomic mass is 16.6. The van der Waals surface area contributed by atoms with Crippen LogP contribution in [0.1, 0.15) is 15.9 Å². The molecule has 152 valence electrons. The molecule has 0 unspecified atom stereocenters. The molecule has 8 nitrogen and oxygen atoms in total. The molecule has 0 aliphatic rings. The molecule has 3 aromatic rings. The number of hydrogen-bond donors (Lipinski definition) is 1. The van der Waals surface area contributed by atoms with Gasteiger partial charge >= 0.3 is 11.7 Å². The maximum absolute atomic E-state index is 12.2. The average molecular weight is 406 g/mol. The third-order valence-electron chi connectivity index (χ3n) is 4.06. The van der Waals surface area contributed by atoms with E-state index in [2.05, 4.69) is 5.32 Å². The summed E-state index contributed by atoms with van der Waals surface area (Å²) in [5.41, 5.74) is 1.62. The van der Waals surface area contributed by atoms with Gasteiger partial charge in [-0.25, -0.2) is 4.79 Å². The van der Waals surface area contributed by atoms with E-state index in [0.717, 1.165) is 0 Å². The quantitative estimate of drug-likeness (QED) is 0.345. The zero-order valence-electron chi connectivity index (χ0n) is 15.8. The van der Waals surface area contributed by atoms with E-state index < -0.39 is 17.5 Å². The minimum atomic E-state index is -0.668. The van der Waals surface area contributed by atoms with E-state index in [0.29, 0.717) is 16.8 Å². The molecule has 0 aliphatic carbocycles. The summed E-state index contributed by atoms with van der Waals surface area (Å²) in [5, 5.41) is 13.7. The van der Waals surface area contributed by atoms with Gasteiger partial charge in [0.2, 0.25) is 0 Å². The molecule has 30 heavy (non-hydrogen) atoms. The number of hydrogen-bond acceptors (Lipinski definition) is 6. The van der Waals surface area contributed by atoms with Crippen molar-refractivity contribution in [3.05, 3.63) is 100 Å². The van der Waals surface area contributed by atoms with Gasteiger partial charge in [-0.3, -0.25) is 14.9 Å². The number of nitrogens with one attached hydrogen (secondary N) is 1. The van der Waals surface area contributed by atoms with Crippen molar-refractivity contribution in [1.82, 2.24) is 0 Å². The predicted octanol–water partition coefficient (Wildman–Crippen LogP) is 3.97. The van der Waals surface area contributed by atoms with E-state index in [1.165, 1.54) is 18.2 Å². The van der Waals surface area contributed by atoms with E-state index in [1.807, 2.05) is 18.2 Å². The summed E-state index contributed by atoms with van der Waals surface area (Å²) >= 11 is 0. The van der Waals surface area contributed by atoms with Crippen LogP contribution < -0.4 is 10.1 Å². The molecule has 1 amide bonds. The smallest absolute Gasteiger partial charge is 0.344 e. The molecule has 0 saturated carbocycles. The molecule has 3 aromatic carbocycles. The van der Waals surface area contributed by atoms with Gasteiger partial charge in [0.1, 0.15) is 6.61 Å². The molecule has 3 rings (SSSR count). The number of ether oxygens (including phenoxy) is 2. The second-order valence-corrected chi connectivity index (χ2v) is 6.19. The Kier molecular flexibility index (Phi) is 6.73. The molecular formula is C22H18N2O6. The maximum Gasteiger partial charge on any atom is 0.344 e. The second kappa shape index (κ2) is 9.83. The standard InChI is InChI=1S/C22H18N2O6/c25-21(15-29-20-9-5-4-8-19(20)24(27)28)30-14-16-10-12-17(13-11-16)22(26)23-18-6-2-1-3-7-18/h1-13H,14-15H2,(H,23,26). The Balaban J connectivity index is 1.48. The van der Waals surface area contributed by atoms with Crippen LogP contribution in [0.3, 0.4) is 0 Å². The zero-order chi connectivity index (χ0) is 21.3. The number of nitrogens with zero attached hydrogens (tertiary/aromatic N) is 1. The predicted molar refractivity (Wildman–Crippen MR) is 109 cm³/mol. The van der Waals surface area contributed by atoms with Gasteiger partial charge in [0, 0.05) is 17.3 Å². The fourth-order valence-electron chi connectivity index (χ4n) is 2.55. The summed E-state index contributed by atoms with van der Waals surface area (Å²) < 4.78 is 10.3. The Hall–Kier alpha value is -4.20. The van der Waals surface area contributed by atoms with E-state index in [9.17, 15) is 19.7 Å². The Labute approximate surface area is 172 Å². The highest BCUT2D eigenvalue weighted by Gasteiger charge is 2.15. The summed E-state index contributed by atoms with van der Waals surface area (Å²) in [4.78, 5) is 34.4. The molecular weight excluding hydrogens is 388 g/mol. The van der Waals surface area contributed by atoms with Gasteiger partial charge < -0.3 is 14.8 Å². The monoisotopic (exact) mass is 406 g/mol. The minimum Gasteiger partial charge on any atom is -0.475 e. The van der Waals surface area contributed by atoms with Gasteiger partial charge in [-0.15, -0.1) is 0 Å². The molecule has 1 N–H and O–H groups in total. The SMILES string of the molecule is O=C(COc1ccccc1[N+](=O)[O-])OCc1ccc(C(=O)Nc2ccccc2)cc1. The lowest BCUT2D eigenvalue weighted by Crippen LogP contribution is -2.15.